The molecule has 2 aliphatic rings. The molecule has 116 valence electrons. The van der Waals surface area contributed by atoms with E-state index in [1.807, 2.05) is 0 Å². The van der Waals surface area contributed by atoms with Crippen molar-refractivity contribution >= 4 is 37.5 Å². The van der Waals surface area contributed by atoms with Crippen LogP contribution in [0.4, 0.5) is 5.69 Å². The zero-order valence-corrected chi connectivity index (χ0v) is 15.8. The van der Waals surface area contributed by atoms with E-state index in [9.17, 15) is 0 Å². The van der Waals surface area contributed by atoms with E-state index in [-0.39, 0.29) is 0 Å². The molecule has 2 nitrogen and oxygen atoms in total. The molecule has 1 spiro atoms. The van der Waals surface area contributed by atoms with Gasteiger partial charge in [0.05, 0.1) is 5.69 Å². The molecule has 2 fully saturated rings. The molecule has 1 saturated carbocycles. The highest BCUT2D eigenvalue weighted by atomic mass is 79.9. The largest absolute Gasteiger partial charge is 0.364 e. The number of benzene rings is 1. The Morgan fingerprint density at radius 1 is 1.24 bits per heavy atom. The average molecular weight is 416 g/mol. The van der Waals surface area contributed by atoms with Crippen LogP contribution in [-0.2, 0) is 0 Å². The number of rotatable bonds is 2. The first-order valence-corrected chi connectivity index (χ1v) is 9.69. The summed E-state index contributed by atoms with van der Waals surface area (Å²) in [5.74, 6) is 0. The first-order valence-electron chi connectivity index (χ1n) is 8.10. The lowest BCUT2D eigenvalue weighted by molar-refractivity contribution is 0.195. The Hall–Kier alpha value is -0.0600. The van der Waals surface area contributed by atoms with Crippen LogP contribution in [0, 0.1) is 0 Å². The van der Waals surface area contributed by atoms with Crippen LogP contribution in [0.2, 0.25) is 0 Å². The minimum Gasteiger partial charge on any atom is -0.364 e. The maximum Gasteiger partial charge on any atom is 0.0525 e. The molecule has 1 N–H and O–H groups in total. The summed E-state index contributed by atoms with van der Waals surface area (Å²) >= 11 is 7.38. The van der Waals surface area contributed by atoms with Gasteiger partial charge in [0.15, 0.2) is 0 Å². The van der Waals surface area contributed by atoms with Crippen LogP contribution in [0.5, 0.6) is 0 Å². The molecule has 1 aliphatic carbocycles. The molecule has 4 heteroatoms. The van der Waals surface area contributed by atoms with Gasteiger partial charge in [0.2, 0.25) is 0 Å². The third-order valence-electron chi connectivity index (χ3n) is 5.13. The van der Waals surface area contributed by atoms with E-state index in [0.29, 0.717) is 11.6 Å². The second kappa shape index (κ2) is 6.59. The number of anilines is 1. The Morgan fingerprint density at radius 3 is 2.71 bits per heavy atom. The molecule has 21 heavy (non-hydrogen) atoms. The van der Waals surface area contributed by atoms with Gasteiger partial charge in [0.25, 0.3) is 0 Å². The van der Waals surface area contributed by atoms with Crippen molar-refractivity contribution in [3.05, 3.63) is 27.1 Å². The maximum atomic E-state index is 3.90. The van der Waals surface area contributed by atoms with Gasteiger partial charge in [0.1, 0.15) is 0 Å². The fourth-order valence-electron chi connectivity index (χ4n) is 3.87. The molecule has 1 saturated heterocycles. The summed E-state index contributed by atoms with van der Waals surface area (Å²) < 4.78 is 2.36. The average Bonchev–Trinajstić information content (AvgIpc) is 2.50. The standard InChI is InChI=1S/C17H24Br2N2/c1-2-14-11-20-17(8-4-3-5-9-17)12-21(14)16-10-13(18)6-7-15(16)19/h6-7,10,14,20H,2-5,8-9,11-12H2,1H3. The molecule has 0 amide bonds. The second-order valence-electron chi connectivity index (χ2n) is 6.51. The van der Waals surface area contributed by atoms with Crippen LogP contribution in [0.1, 0.15) is 45.4 Å². The van der Waals surface area contributed by atoms with E-state index in [1.165, 1.54) is 48.7 Å². The lowest BCUT2D eigenvalue weighted by atomic mass is 9.79. The van der Waals surface area contributed by atoms with E-state index in [4.69, 9.17) is 0 Å². The van der Waals surface area contributed by atoms with E-state index in [1.54, 1.807) is 0 Å². The number of nitrogens with zero attached hydrogens (tertiary/aromatic N) is 1. The van der Waals surface area contributed by atoms with Crippen molar-refractivity contribution in [2.45, 2.75) is 57.0 Å². The number of halogens is 2. The SMILES string of the molecule is CCC1CNC2(CCCCC2)CN1c1cc(Br)ccc1Br. The van der Waals surface area contributed by atoms with Gasteiger partial charge in [-0.05, 0) is 53.4 Å². The lowest BCUT2D eigenvalue weighted by Gasteiger charge is -2.50. The van der Waals surface area contributed by atoms with Crippen molar-refractivity contribution in [3.8, 4) is 0 Å². The van der Waals surface area contributed by atoms with Crippen molar-refractivity contribution in [2.75, 3.05) is 18.0 Å². The highest BCUT2D eigenvalue weighted by Crippen LogP contribution is 2.38. The molecular formula is C17H24Br2N2. The third-order valence-corrected chi connectivity index (χ3v) is 6.29. The molecule has 1 aromatic rings. The zero-order valence-electron chi connectivity index (χ0n) is 12.7. The quantitative estimate of drug-likeness (QED) is 0.722. The molecule has 1 aliphatic heterocycles. The Labute approximate surface area is 144 Å². The summed E-state index contributed by atoms with van der Waals surface area (Å²) in [5.41, 5.74) is 1.67. The summed E-state index contributed by atoms with van der Waals surface area (Å²) in [6, 6.07) is 7.10. The molecule has 1 atom stereocenters. The van der Waals surface area contributed by atoms with E-state index in [2.05, 4.69) is 67.2 Å². The van der Waals surface area contributed by atoms with Crippen molar-refractivity contribution in [1.82, 2.24) is 5.32 Å². The number of piperazine rings is 1. The Morgan fingerprint density at radius 2 is 2.00 bits per heavy atom. The second-order valence-corrected chi connectivity index (χ2v) is 8.28. The topological polar surface area (TPSA) is 15.3 Å². The van der Waals surface area contributed by atoms with E-state index in [0.717, 1.165) is 17.6 Å². The first kappa shape index (κ1) is 15.8. The van der Waals surface area contributed by atoms with Crippen LogP contribution in [0.15, 0.2) is 27.1 Å². The van der Waals surface area contributed by atoms with Gasteiger partial charge in [-0.2, -0.15) is 0 Å². The molecular weight excluding hydrogens is 392 g/mol. The zero-order chi connectivity index (χ0) is 14.9. The van der Waals surface area contributed by atoms with Crippen LogP contribution in [-0.4, -0.2) is 24.7 Å². The van der Waals surface area contributed by atoms with E-state index >= 15 is 0 Å². The number of hydrogen-bond donors (Lipinski definition) is 1. The molecule has 0 aromatic heterocycles. The Kier molecular flexibility index (Phi) is 4.97. The smallest absolute Gasteiger partial charge is 0.0525 e. The first-order chi connectivity index (χ1) is 10.1. The maximum absolute atomic E-state index is 3.90. The van der Waals surface area contributed by atoms with Gasteiger partial charge in [-0.3, -0.25) is 0 Å². The van der Waals surface area contributed by atoms with Crippen LogP contribution < -0.4 is 10.2 Å². The minimum atomic E-state index is 0.339. The number of nitrogens with one attached hydrogen (secondary N) is 1. The molecule has 1 aromatic carbocycles. The summed E-state index contributed by atoms with van der Waals surface area (Å²) in [6.45, 7) is 4.54. The summed E-state index contributed by atoms with van der Waals surface area (Å²) in [6.07, 6.45) is 7.98. The van der Waals surface area contributed by atoms with Crippen molar-refractivity contribution in [1.29, 1.82) is 0 Å². The van der Waals surface area contributed by atoms with Crippen LogP contribution in [0.3, 0.4) is 0 Å². The van der Waals surface area contributed by atoms with Gasteiger partial charge >= 0.3 is 0 Å². The minimum absolute atomic E-state index is 0.339. The normalized spacial score (nSPS) is 25.3. The molecule has 1 unspecified atom stereocenters. The Balaban J connectivity index is 1.90. The highest BCUT2D eigenvalue weighted by molar-refractivity contribution is 9.11. The van der Waals surface area contributed by atoms with Gasteiger partial charge in [-0.15, -0.1) is 0 Å². The van der Waals surface area contributed by atoms with Crippen molar-refractivity contribution < 1.29 is 0 Å². The Bertz CT molecular complexity index is 498. The van der Waals surface area contributed by atoms with Crippen molar-refractivity contribution in [2.24, 2.45) is 0 Å². The third kappa shape index (κ3) is 3.32. The van der Waals surface area contributed by atoms with Gasteiger partial charge in [0, 0.05) is 33.6 Å². The van der Waals surface area contributed by atoms with Gasteiger partial charge in [-0.25, -0.2) is 0 Å². The summed E-state index contributed by atoms with van der Waals surface area (Å²) in [4.78, 5) is 2.64. The molecule has 0 bridgehead atoms. The summed E-state index contributed by atoms with van der Waals surface area (Å²) in [5, 5.41) is 3.90. The molecule has 0 radical (unpaired) electrons. The highest BCUT2D eigenvalue weighted by Gasteiger charge is 2.39. The molecule has 3 rings (SSSR count). The molecule has 1 heterocycles. The number of hydrogen-bond acceptors (Lipinski definition) is 2. The predicted octanol–water partition coefficient (Wildman–Crippen LogP) is 5.10. The predicted molar refractivity (Wildman–Crippen MR) is 97.1 cm³/mol. The summed E-state index contributed by atoms with van der Waals surface area (Å²) in [7, 11) is 0. The van der Waals surface area contributed by atoms with Gasteiger partial charge < -0.3 is 10.2 Å². The lowest BCUT2D eigenvalue weighted by Crippen LogP contribution is -2.65. The van der Waals surface area contributed by atoms with Crippen LogP contribution in [0.25, 0.3) is 0 Å². The fourth-order valence-corrected chi connectivity index (χ4v) is 4.69. The fraction of sp³-hybridized carbons (Fsp3) is 0.647. The van der Waals surface area contributed by atoms with Crippen molar-refractivity contribution in [3.63, 3.8) is 0 Å². The van der Waals surface area contributed by atoms with E-state index < -0.39 is 0 Å². The van der Waals surface area contributed by atoms with Crippen LogP contribution >= 0.6 is 31.9 Å². The van der Waals surface area contributed by atoms with Gasteiger partial charge in [-0.1, -0.05) is 42.1 Å². The monoisotopic (exact) mass is 414 g/mol.